The molecule has 1 fully saturated rings. The van der Waals surface area contributed by atoms with Crippen LogP contribution in [0.25, 0.3) is 0 Å². The van der Waals surface area contributed by atoms with Gasteiger partial charge in [-0.2, -0.15) is 0 Å². The van der Waals surface area contributed by atoms with Crippen LogP contribution in [0.1, 0.15) is 26.7 Å². The van der Waals surface area contributed by atoms with Gasteiger partial charge in [0.15, 0.2) is 0 Å². The number of hydrogen-bond acceptors (Lipinski definition) is 2. The molecule has 0 amide bonds. The maximum absolute atomic E-state index is 3.38. The number of nitrogens with zero attached hydrogens (tertiary/aromatic N) is 1. The van der Waals surface area contributed by atoms with Crippen molar-refractivity contribution in [3.63, 3.8) is 0 Å². The lowest BCUT2D eigenvalue weighted by Crippen LogP contribution is -2.40. The van der Waals surface area contributed by atoms with Gasteiger partial charge in [-0.1, -0.05) is 0 Å². The Morgan fingerprint density at radius 3 is 2.36 bits per heavy atom. The summed E-state index contributed by atoms with van der Waals surface area (Å²) in [5.74, 6) is 0. The van der Waals surface area contributed by atoms with Crippen molar-refractivity contribution in [1.29, 1.82) is 0 Å². The van der Waals surface area contributed by atoms with Gasteiger partial charge in [0.25, 0.3) is 0 Å². The van der Waals surface area contributed by atoms with Gasteiger partial charge in [0.05, 0.1) is 0 Å². The molecule has 0 aromatic rings. The third-order valence-corrected chi connectivity index (χ3v) is 4.05. The molecule has 0 saturated carbocycles. The summed E-state index contributed by atoms with van der Waals surface area (Å²) in [7, 11) is 0. The highest BCUT2D eigenvalue weighted by atomic mass is 127. The first kappa shape index (κ1) is 9.74. The Kier molecular flexibility index (Phi) is 4.09. The van der Waals surface area contributed by atoms with Crippen molar-refractivity contribution in [3.8, 4) is 0 Å². The summed E-state index contributed by atoms with van der Waals surface area (Å²) < 4.78 is 2.46. The van der Waals surface area contributed by atoms with Crippen molar-refractivity contribution in [3.05, 3.63) is 0 Å². The SMILES string of the molecule is CC(C)N(I)C1CCNCC1. The van der Waals surface area contributed by atoms with Gasteiger partial charge in [0.1, 0.15) is 0 Å². The maximum Gasteiger partial charge on any atom is 0.0221 e. The molecule has 1 rings (SSSR count). The van der Waals surface area contributed by atoms with Crippen molar-refractivity contribution in [2.75, 3.05) is 13.1 Å². The van der Waals surface area contributed by atoms with E-state index < -0.39 is 0 Å². The lowest BCUT2D eigenvalue weighted by atomic mass is 10.1. The van der Waals surface area contributed by atoms with Crippen LogP contribution in [-0.2, 0) is 0 Å². The molecule has 0 aromatic carbocycles. The van der Waals surface area contributed by atoms with Gasteiger partial charge in [0.2, 0.25) is 0 Å². The molecule has 0 aromatic heterocycles. The molecule has 66 valence electrons. The van der Waals surface area contributed by atoms with E-state index in [4.69, 9.17) is 0 Å². The Morgan fingerprint density at radius 1 is 1.36 bits per heavy atom. The Hall–Kier alpha value is 0.650. The lowest BCUT2D eigenvalue weighted by Gasteiger charge is -2.32. The van der Waals surface area contributed by atoms with Crippen molar-refractivity contribution in [1.82, 2.24) is 8.43 Å². The largest absolute Gasteiger partial charge is 0.317 e. The molecule has 1 aliphatic rings. The molecular weight excluding hydrogens is 251 g/mol. The van der Waals surface area contributed by atoms with E-state index in [1.165, 1.54) is 25.9 Å². The molecular formula is C8H17IN2. The van der Waals surface area contributed by atoms with Crippen molar-refractivity contribution < 1.29 is 0 Å². The second kappa shape index (κ2) is 4.62. The number of hydrogen-bond donors (Lipinski definition) is 1. The third-order valence-electron chi connectivity index (χ3n) is 2.15. The van der Waals surface area contributed by atoms with Crippen LogP contribution >= 0.6 is 22.9 Å². The number of piperidine rings is 1. The normalized spacial score (nSPS) is 21.5. The second-order valence-corrected chi connectivity index (χ2v) is 4.53. The molecule has 1 saturated heterocycles. The van der Waals surface area contributed by atoms with E-state index in [0.29, 0.717) is 6.04 Å². The Balaban J connectivity index is 2.32. The number of nitrogens with one attached hydrogen (secondary N) is 1. The standard InChI is InChI=1S/C8H17IN2/c1-7(2)11(9)8-3-5-10-6-4-8/h7-8,10H,3-6H2,1-2H3. The van der Waals surface area contributed by atoms with E-state index in [-0.39, 0.29) is 0 Å². The van der Waals surface area contributed by atoms with E-state index in [1.807, 2.05) is 0 Å². The van der Waals surface area contributed by atoms with Crippen LogP contribution in [0, 0.1) is 0 Å². The van der Waals surface area contributed by atoms with Crippen LogP contribution in [0.15, 0.2) is 0 Å². The molecule has 1 heterocycles. The van der Waals surface area contributed by atoms with Crippen molar-refractivity contribution in [2.24, 2.45) is 0 Å². The van der Waals surface area contributed by atoms with E-state index in [1.54, 1.807) is 0 Å². The summed E-state index contributed by atoms with van der Waals surface area (Å²) in [5, 5.41) is 3.38. The summed E-state index contributed by atoms with van der Waals surface area (Å²) in [6.45, 7) is 6.90. The molecule has 0 spiro atoms. The smallest absolute Gasteiger partial charge is 0.0221 e. The Morgan fingerprint density at radius 2 is 1.91 bits per heavy atom. The summed E-state index contributed by atoms with van der Waals surface area (Å²) in [4.78, 5) is 0. The van der Waals surface area contributed by atoms with Gasteiger partial charge >= 0.3 is 0 Å². The first-order valence-electron chi connectivity index (χ1n) is 4.36. The quantitative estimate of drug-likeness (QED) is 0.607. The fraction of sp³-hybridized carbons (Fsp3) is 1.00. The lowest BCUT2D eigenvalue weighted by molar-refractivity contribution is 0.269. The van der Waals surface area contributed by atoms with Gasteiger partial charge in [-0.15, -0.1) is 0 Å². The van der Waals surface area contributed by atoms with Crippen molar-refractivity contribution >= 4 is 22.9 Å². The van der Waals surface area contributed by atoms with Gasteiger partial charge < -0.3 is 5.32 Å². The predicted molar refractivity (Wildman–Crippen MR) is 56.9 cm³/mol. The van der Waals surface area contributed by atoms with Crippen LogP contribution in [0.5, 0.6) is 0 Å². The Bertz CT molecular complexity index is 111. The Labute approximate surface area is 83.2 Å². The van der Waals surface area contributed by atoms with Crippen LogP contribution in [0.2, 0.25) is 0 Å². The minimum absolute atomic E-state index is 0.679. The van der Waals surface area contributed by atoms with E-state index in [2.05, 4.69) is 45.1 Å². The zero-order valence-corrected chi connectivity index (χ0v) is 9.47. The van der Waals surface area contributed by atoms with Gasteiger partial charge in [-0.05, 0) is 39.8 Å². The molecule has 0 bridgehead atoms. The maximum atomic E-state index is 3.38. The highest BCUT2D eigenvalue weighted by Crippen LogP contribution is 2.18. The molecule has 2 nitrogen and oxygen atoms in total. The van der Waals surface area contributed by atoms with E-state index >= 15 is 0 Å². The van der Waals surface area contributed by atoms with Crippen LogP contribution in [0.3, 0.4) is 0 Å². The first-order chi connectivity index (χ1) is 5.22. The summed E-state index contributed by atoms with van der Waals surface area (Å²) in [5.41, 5.74) is 0. The number of halogens is 1. The molecule has 1 N–H and O–H groups in total. The van der Waals surface area contributed by atoms with Crippen LogP contribution in [-0.4, -0.2) is 28.3 Å². The molecule has 3 heteroatoms. The second-order valence-electron chi connectivity index (χ2n) is 3.42. The zero-order valence-electron chi connectivity index (χ0n) is 7.31. The predicted octanol–water partition coefficient (Wildman–Crippen LogP) is 1.80. The van der Waals surface area contributed by atoms with E-state index in [0.717, 1.165) is 6.04 Å². The molecule has 0 radical (unpaired) electrons. The molecule has 0 aliphatic carbocycles. The van der Waals surface area contributed by atoms with E-state index in [9.17, 15) is 0 Å². The fourth-order valence-electron chi connectivity index (χ4n) is 1.47. The van der Waals surface area contributed by atoms with Gasteiger partial charge in [-0.25, -0.2) is 3.11 Å². The fourth-order valence-corrected chi connectivity index (χ4v) is 2.03. The third kappa shape index (κ3) is 2.87. The summed E-state index contributed by atoms with van der Waals surface area (Å²) in [6.07, 6.45) is 2.61. The minimum atomic E-state index is 0.679. The van der Waals surface area contributed by atoms with Gasteiger partial charge in [0, 0.05) is 34.9 Å². The zero-order chi connectivity index (χ0) is 8.27. The average Bonchev–Trinajstić information content (AvgIpc) is 2.05. The highest BCUT2D eigenvalue weighted by molar-refractivity contribution is 14.1. The van der Waals surface area contributed by atoms with Gasteiger partial charge in [-0.3, -0.25) is 0 Å². The summed E-state index contributed by atoms with van der Waals surface area (Å²) in [6, 6.07) is 1.48. The molecule has 0 atom stereocenters. The van der Waals surface area contributed by atoms with Crippen LogP contribution in [0.4, 0.5) is 0 Å². The monoisotopic (exact) mass is 268 g/mol. The topological polar surface area (TPSA) is 15.3 Å². The number of rotatable bonds is 2. The summed E-state index contributed by atoms with van der Waals surface area (Å²) >= 11 is 2.46. The highest BCUT2D eigenvalue weighted by Gasteiger charge is 2.20. The minimum Gasteiger partial charge on any atom is -0.317 e. The first-order valence-corrected chi connectivity index (χ1v) is 5.33. The molecule has 11 heavy (non-hydrogen) atoms. The average molecular weight is 268 g/mol. The molecule has 0 unspecified atom stereocenters. The molecule has 1 aliphatic heterocycles. The van der Waals surface area contributed by atoms with Crippen molar-refractivity contribution in [2.45, 2.75) is 38.8 Å². The van der Waals surface area contributed by atoms with Crippen LogP contribution < -0.4 is 5.32 Å².